The van der Waals surface area contributed by atoms with Crippen molar-refractivity contribution in [2.45, 2.75) is 9.79 Å². The predicted molar refractivity (Wildman–Crippen MR) is 80.5 cm³/mol. The van der Waals surface area contributed by atoms with Crippen LogP contribution in [0.1, 0.15) is 10.4 Å². The highest BCUT2D eigenvalue weighted by molar-refractivity contribution is 7.99. The molecule has 0 spiro atoms. The Morgan fingerprint density at radius 2 is 1.62 bits per heavy atom. The molecular formula is C15H12N2O3S. The number of primary amides is 1. The molecule has 0 atom stereocenters. The Morgan fingerprint density at radius 1 is 1.00 bits per heavy atom. The minimum atomic E-state index is -1.06. The highest BCUT2D eigenvalue weighted by atomic mass is 32.2. The van der Waals surface area contributed by atoms with Gasteiger partial charge in [0.25, 0.3) is 0 Å². The van der Waals surface area contributed by atoms with Crippen molar-refractivity contribution >= 4 is 29.9 Å². The van der Waals surface area contributed by atoms with E-state index in [1.165, 1.54) is 0 Å². The van der Waals surface area contributed by atoms with Crippen molar-refractivity contribution in [3.05, 3.63) is 60.2 Å². The molecular weight excluding hydrogens is 288 g/mol. The summed E-state index contributed by atoms with van der Waals surface area (Å²) in [7, 11) is 0. The monoisotopic (exact) mass is 300 g/mol. The highest BCUT2D eigenvalue weighted by Crippen LogP contribution is 2.27. The van der Waals surface area contributed by atoms with Crippen LogP contribution < -0.4 is 5.73 Å². The van der Waals surface area contributed by atoms with Crippen LogP contribution in [0.3, 0.4) is 0 Å². The van der Waals surface area contributed by atoms with Crippen LogP contribution in [0.4, 0.5) is 4.79 Å². The molecule has 2 rings (SSSR count). The number of rotatable bonds is 5. The van der Waals surface area contributed by atoms with Crippen LogP contribution in [0.5, 0.6) is 0 Å². The van der Waals surface area contributed by atoms with Crippen LogP contribution in [0.15, 0.2) is 69.5 Å². The van der Waals surface area contributed by atoms with Gasteiger partial charge >= 0.3 is 6.09 Å². The summed E-state index contributed by atoms with van der Waals surface area (Å²) in [5.41, 5.74) is 5.17. The SMILES string of the molecule is NC(=O)ON=CC(=O)c1ccc(Sc2ccccc2)cc1. The Balaban J connectivity index is 2.00. The maximum Gasteiger partial charge on any atom is 0.430 e. The summed E-state index contributed by atoms with van der Waals surface area (Å²) < 4.78 is 0. The summed E-state index contributed by atoms with van der Waals surface area (Å²) in [4.78, 5) is 28.3. The maximum atomic E-state index is 11.7. The molecule has 0 saturated heterocycles. The van der Waals surface area contributed by atoms with Gasteiger partial charge in [-0.3, -0.25) is 9.63 Å². The van der Waals surface area contributed by atoms with E-state index in [1.807, 2.05) is 42.5 Å². The molecule has 0 heterocycles. The number of nitrogens with two attached hydrogens (primary N) is 1. The van der Waals surface area contributed by atoms with Gasteiger partial charge in [0.05, 0.1) is 0 Å². The lowest BCUT2D eigenvalue weighted by Crippen LogP contribution is -2.10. The van der Waals surface area contributed by atoms with E-state index >= 15 is 0 Å². The first-order chi connectivity index (χ1) is 10.1. The largest absolute Gasteiger partial charge is 0.430 e. The molecule has 1 amide bonds. The molecule has 5 nitrogen and oxygen atoms in total. The van der Waals surface area contributed by atoms with Gasteiger partial charge in [0.1, 0.15) is 6.21 Å². The fraction of sp³-hybridized carbons (Fsp3) is 0. The third-order valence-electron chi connectivity index (χ3n) is 2.43. The fourth-order valence-corrected chi connectivity index (χ4v) is 2.35. The van der Waals surface area contributed by atoms with Gasteiger partial charge in [0.2, 0.25) is 5.78 Å². The van der Waals surface area contributed by atoms with Crippen molar-refractivity contribution in [2.75, 3.05) is 0 Å². The van der Waals surface area contributed by atoms with E-state index < -0.39 is 6.09 Å². The molecule has 0 aliphatic rings. The number of ketones is 1. The number of amides is 1. The number of carbonyl (C=O) groups is 2. The molecule has 0 radical (unpaired) electrons. The molecule has 0 bridgehead atoms. The average molecular weight is 300 g/mol. The highest BCUT2D eigenvalue weighted by Gasteiger charge is 2.04. The van der Waals surface area contributed by atoms with E-state index in [-0.39, 0.29) is 5.78 Å². The average Bonchev–Trinajstić information content (AvgIpc) is 2.48. The number of benzene rings is 2. The third-order valence-corrected chi connectivity index (χ3v) is 3.45. The first kappa shape index (κ1) is 14.8. The molecule has 6 heteroatoms. The van der Waals surface area contributed by atoms with Crippen molar-refractivity contribution in [1.29, 1.82) is 0 Å². The standard InChI is InChI=1S/C15H12N2O3S/c16-15(19)20-17-10-14(18)11-6-8-13(9-7-11)21-12-4-2-1-3-5-12/h1-10H,(H2,16,19). The van der Waals surface area contributed by atoms with Gasteiger partial charge in [-0.2, -0.15) is 0 Å². The molecule has 0 fully saturated rings. The Bertz CT molecular complexity index is 654. The summed E-state index contributed by atoms with van der Waals surface area (Å²) in [5, 5.41) is 3.18. The van der Waals surface area contributed by atoms with Crippen molar-refractivity contribution in [2.24, 2.45) is 10.9 Å². The van der Waals surface area contributed by atoms with E-state index in [0.717, 1.165) is 16.0 Å². The topological polar surface area (TPSA) is 81.8 Å². The summed E-state index contributed by atoms with van der Waals surface area (Å²) in [5.74, 6) is -0.368. The second-order valence-electron chi connectivity index (χ2n) is 3.95. The van der Waals surface area contributed by atoms with Crippen molar-refractivity contribution in [1.82, 2.24) is 0 Å². The smallest absolute Gasteiger partial charge is 0.333 e. The summed E-state index contributed by atoms with van der Waals surface area (Å²) in [6.07, 6.45) is -0.155. The van der Waals surface area contributed by atoms with Crippen LogP contribution in [-0.2, 0) is 4.84 Å². The fourth-order valence-electron chi connectivity index (χ4n) is 1.51. The lowest BCUT2D eigenvalue weighted by molar-refractivity contribution is 0.106. The van der Waals surface area contributed by atoms with Crippen LogP contribution >= 0.6 is 11.8 Å². The van der Waals surface area contributed by atoms with Crippen LogP contribution in [0.25, 0.3) is 0 Å². The molecule has 0 saturated carbocycles. The number of hydrogen-bond acceptors (Lipinski definition) is 5. The minimum Gasteiger partial charge on any atom is -0.333 e. The van der Waals surface area contributed by atoms with Gasteiger partial charge in [-0.1, -0.05) is 35.1 Å². The Labute approximate surface area is 125 Å². The molecule has 2 aromatic carbocycles. The van der Waals surface area contributed by atoms with Gasteiger partial charge in [-0.15, -0.1) is 0 Å². The zero-order valence-electron chi connectivity index (χ0n) is 10.9. The number of hydrogen-bond donors (Lipinski definition) is 1. The number of nitrogens with zero attached hydrogens (tertiary/aromatic N) is 1. The first-order valence-electron chi connectivity index (χ1n) is 6.02. The number of oxime groups is 1. The van der Waals surface area contributed by atoms with Gasteiger partial charge in [0, 0.05) is 15.4 Å². The molecule has 0 aliphatic heterocycles. The lowest BCUT2D eigenvalue weighted by atomic mass is 10.1. The Kier molecular flexibility index (Phi) is 5.11. The van der Waals surface area contributed by atoms with Crippen molar-refractivity contribution in [3.63, 3.8) is 0 Å². The van der Waals surface area contributed by atoms with Gasteiger partial charge in [-0.25, -0.2) is 4.79 Å². The third kappa shape index (κ3) is 4.77. The molecule has 0 unspecified atom stereocenters. The zero-order valence-corrected chi connectivity index (χ0v) is 11.7. The second kappa shape index (κ2) is 7.25. The summed E-state index contributed by atoms with van der Waals surface area (Å²) in [6.45, 7) is 0. The minimum absolute atomic E-state index is 0.368. The second-order valence-corrected chi connectivity index (χ2v) is 5.10. The molecule has 2 N–H and O–H groups in total. The number of carbonyl (C=O) groups excluding carboxylic acids is 2. The first-order valence-corrected chi connectivity index (χ1v) is 6.84. The van der Waals surface area contributed by atoms with E-state index in [1.54, 1.807) is 23.9 Å². The predicted octanol–water partition coefficient (Wildman–Crippen LogP) is 3.10. The quantitative estimate of drug-likeness (QED) is 0.398. The van der Waals surface area contributed by atoms with Gasteiger partial charge in [-0.05, 0) is 36.4 Å². The van der Waals surface area contributed by atoms with Gasteiger partial charge in [0.15, 0.2) is 0 Å². The molecule has 2 aromatic rings. The van der Waals surface area contributed by atoms with Crippen molar-refractivity contribution < 1.29 is 14.4 Å². The summed E-state index contributed by atoms with van der Waals surface area (Å²) in [6, 6.07) is 17.0. The maximum absolute atomic E-state index is 11.7. The molecule has 0 aliphatic carbocycles. The molecule has 21 heavy (non-hydrogen) atoms. The van der Waals surface area contributed by atoms with Crippen LogP contribution in [0, 0.1) is 0 Å². The van der Waals surface area contributed by atoms with Gasteiger partial charge < -0.3 is 5.73 Å². The zero-order chi connectivity index (χ0) is 15.1. The number of Topliss-reactive ketones (excluding diaryl/α,β-unsaturated/α-hetero) is 1. The van der Waals surface area contributed by atoms with E-state index in [9.17, 15) is 9.59 Å². The molecule has 0 aromatic heterocycles. The van der Waals surface area contributed by atoms with Crippen LogP contribution in [0.2, 0.25) is 0 Å². The normalized spacial score (nSPS) is 10.5. The lowest BCUT2D eigenvalue weighted by Gasteiger charge is -2.02. The van der Waals surface area contributed by atoms with E-state index in [2.05, 4.69) is 9.99 Å². The Hall–Kier alpha value is -2.60. The van der Waals surface area contributed by atoms with Crippen LogP contribution in [-0.4, -0.2) is 18.1 Å². The summed E-state index contributed by atoms with van der Waals surface area (Å²) >= 11 is 1.60. The van der Waals surface area contributed by atoms with E-state index in [4.69, 9.17) is 5.73 Å². The van der Waals surface area contributed by atoms with E-state index in [0.29, 0.717) is 5.56 Å². The molecule has 106 valence electrons. The Morgan fingerprint density at radius 3 is 2.24 bits per heavy atom. The van der Waals surface area contributed by atoms with Crippen molar-refractivity contribution in [3.8, 4) is 0 Å².